The maximum atomic E-state index is 13.4. The van der Waals surface area contributed by atoms with Gasteiger partial charge in [-0.15, -0.1) is 11.8 Å². The van der Waals surface area contributed by atoms with Crippen molar-refractivity contribution in [2.75, 3.05) is 6.54 Å². The summed E-state index contributed by atoms with van der Waals surface area (Å²) in [5, 5.41) is 2.49. The number of hydrogen-bond donors (Lipinski definition) is 1. The zero-order chi connectivity index (χ0) is 13.5. The molecule has 0 heterocycles. The third kappa shape index (κ3) is 4.29. The number of thioether (sulfide) groups is 1. The van der Waals surface area contributed by atoms with Gasteiger partial charge in [-0.05, 0) is 19.4 Å². The first-order valence-electron chi connectivity index (χ1n) is 5.88. The van der Waals surface area contributed by atoms with Crippen LogP contribution >= 0.6 is 11.8 Å². The van der Waals surface area contributed by atoms with Crippen LogP contribution in [0.5, 0.6) is 0 Å². The van der Waals surface area contributed by atoms with E-state index in [1.807, 2.05) is 6.92 Å². The summed E-state index contributed by atoms with van der Waals surface area (Å²) < 4.78 is 26.3. The molecule has 0 aliphatic heterocycles. The van der Waals surface area contributed by atoms with E-state index in [2.05, 4.69) is 5.32 Å². The summed E-state index contributed by atoms with van der Waals surface area (Å²) in [6, 6.07) is 4.08. The highest BCUT2D eigenvalue weighted by Crippen LogP contribution is 2.21. The lowest BCUT2D eigenvalue weighted by atomic mass is 10.2. The Hall–Kier alpha value is -1.10. The quantitative estimate of drug-likeness (QED) is 0.863. The molecular formula is C13H17F2NOS. The molecule has 1 aromatic rings. The summed E-state index contributed by atoms with van der Waals surface area (Å²) in [7, 11) is 0. The first kappa shape index (κ1) is 15.0. The van der Waals surface area contributed by atoms with Crippen molar-refractivity contribution in [2.45, 2.75) is 31.3 Å². The molecule has 2 nitrogen and oxygen atoms in total. The van der Waals surface area contributed by atoms with Gasteiger partial charge in [0.15, 0.2) is 11.6 Å². The Bertz CT molecular complexity index is 412. The molecule has 1 N–H and O–H groups in total. The second-order valence-electron chi connectivity index (χ2n) is 3.96. The zero-order valence-corrected chi connectivity index (χ0v) is 11.3. The van der Waals surface area contributed by atoms with Gasteiger partial charge in [0.2, 0.25) is 5.91 Å². The maximum absolute atomic E-state index is 13.4. The first-order chi connectivity index (χ1) is 8.56. The topological polar surface area (TPSA) is 29.1 Å². The molecule has 1 amide bonds. The van der Waals surface area contributed by atoms with Gasteiger partial charge in [0.1, 0.15) is 0 Å². The Morgan fingerprint density at radius 1 is 1.44 bits per heavy atom. The fourth-order valence-electron chi connectivity index (χ4n) is 1.34. The van der Waals surface area contributed by atoms with Crippen LogP contribution < -0.4 is 5.32 Å². The number of halogens is 2. The van der Waals surface area contributed by atoms with Crippen molar-refractivity contribution in [1.82, 2.24) is 5.32 Å². The van der Waals surface area contributed by atoms with E-state index in [4.69, 9.17) is 0 Å². The van der Waals surface area contributed by atoms with Crippen LogP contribution in [0.2, 0.25) is 0 Å². The lowest BCUT2D eigenvalue weighted by Crippen LogP contribution is -2.31. The summed E-state index contributed by atoms with van der Waals surface area (Å²) in [6.45, 7) is 4.37. The zero-order valence-electron chi connectivity index (χ0n) is 10.5. The van der Waals surface area contributed by atoms with Crippen LogP contribution in [0.1, 0.15) is 25.8 Å². The number of rotatable bonds is 6. The second-order valence-corrected chi connectivity index (χ2v) is 5.29. The molecule has 0 aliphatic carbocycles. The van der Waals surface area contributed by atoms with Crippen molar-refractivity contribution in [2.24, 2.45) is 0 Å². The van der Waals surface area contributed by atoms with Gasteiger partial charge in [-0.2, -0.15) is 0 Å². The van der Waals surface area contributed by atoms with Crippen LogP contribution in [0.15, 0.2) is 18.2 Å². The van der Waals surface area contributed by atoms with Crippen LogP contribution in [0.4, 0.5) is 8.78 Å². The lowest BCUT2D eigenvalue weighted by molar-refractivity contribution is -0.120. The van der Waals surface area contributed by atoms with Crippen molar-refractivity contribution < 1.29 is 13.6 Å². The smallest absolute Gasteiger partial charge is 0.232 e. The van der Waals surface area contributed by atoms with Gasteiger partial charge in [-0.3, -0.25) is 4.79 Å². The van der Waals surface area contributed by atoms with E-state index >= 15 is 0 Å². The highest BCUT2D eigenvalue weighted by Gasteiger charge is 2.14. The average Bonchev–Trinajstić information content (AvgIpc) is 2.37. The summed E-state index contributed by atoms with van der Waals surface area (Å²) in [6.07, 6.45) is 0.877. The number of carbonyl (C=O) groups excluding carboxylic acids is 1. The maximum Gasteiger partial charge on any atom is 0.232 e. The Balaban J connectivity index is 2.49. The van der Waals surface area contributed by atoms with Crippen molar-refractivity contribution in [3.8, 4) is 0 Å². The highest BCUT2D eigenvalue weighted by atomic mass is 32.2. The van der Waals surface area contributed by atoms with Crippen LogP contribution in [0, 0.1) is 11.6 Å². The number of amides is 1. The van der Waals surface area contributed by atoms with Gasteiger partial charge >= 0.3 is 0 Å². The fraction of sp³-hybridized carbons (Fsp3) is 0.462. The van der Waals surface area contributed by atoms with E-state index in [0.29, 0.717) is 6.54 Å². The minimum atomic E-state index is -0.851. The molecular weight excluding hydrogens is 256 g/mol. The van der Waals surface area contributed by atoms with Crippen molar-refractivity contribution >= 4 is 17.7 Å². The molecule has 1 aromatic carbocycles. The van der Waals surface area contributed by atoms with E-state index in [9.17, 15) is 13.6 Å². The minimum absolute atomic E-state index is 0.0707. The molecule has 0 radical (unpaired) electrons. The number of carbonyl (C=O) groups is 1. The normalized spacial score (nSPS) is 12.2. The molecule has 5 heteroatoms. The van der Waals surface area contributed by atoms with Crippen molar-refractivity contribution in [1.29, 1.82) is 0 Å². The first-order valence-corrected chi connectivity index (χ1v) is 6.93. The lowest BCUT2D eigenvalue weighted by Gasteiger charge is -2.11. The van der Waals surface area contributed by atoms with E-state index in [0.717, 1.165) is 12.5 Å². The number of benzene rings is 1. The van der Waals surface area contributed by atoms with Gasteiger partial charge in [0.05, 0.1) is 5.25 Å². The minimum Gasteiger partial charge on any atom is -0.355 e. The third-order valence-corrected chi connectivity index (χ3v) is 3.63. The Kier molecular flexibility index (Phi) is 6.12. The molecule has 0 fully saturated rings. The highest BCUT2D eigenvalue weighted by molar-refractivity contribution is 7.99. The Morgan fingerprint density at radius 2 is 2.17 bits per heavy atom. The predicted molar refractivity (Wildman–Crippen MR) is 70.4 cm³/mol. The van der Waals surface area contributed by atoms with Crippen molar-refractivity contribution in [3.05, 3.63) is 35.4 Å². The van der Waals surface area contributed by atoms with E-state index < -0.39 is 11.6 Å². The molecule has 0 bridgehead atoms. The molecule has 0 spiro atoms. The Morgan fingerprint density at radius 3 is 2.83 bits per heavy atom. The molecule has 1 rings (SSSR count). The monoisotopic (exact) mass is 273 g/mol. The molecule has 0 aromatic heterocycles. The fourth-order valence-corrected chi connectivity index (χ4v) is 2.23. The van der Waals surface area contributed by atoms with Crippen molar-refractivity contribution in [3.63, 3.8) is 0 Å². The van der Waals surface area contributed by atoms with E-state index in [-0.39, 0.29) is 22.5 Å². The SMILES string of the molecule is CCCNC(=O)C(C)SCc1cccc(F)c1F. The van der Waals surface area contributed by atoms with Gasteiger partial charge in [0, 0.05) is 17.9 Å². The second kappa shape index (κ2) is 7.36. The molecule has 0 saturated carbocycles. The molecule has 0 aliphatic rings. The Labute approximate surface area is 110 Å². The molecule has 0 saturated heterocycles. The van der Waals surface area contributed by atoms with E-state index in [1.165, 1.54) is 23.9 Å². The van der Waals surface area contributed by atoms with Gasteiger partial charge in [0.25, 0.3) is 0 Å². The van der Waals surface area contributed by atoms with Crippen LogP contribution in [-0.4, -0.2) is 17.7 Å². The molecule has 18 heavy (non-hydrogen) atoms. The predicted octanol–water partition coefficient (Wildman–Crippen LogP) is 3.11. The summed E-state index contributed by atoms with van der Waals surface area (Å²) in [4.78, 5) is 11.6. The molecule has 100 valence electrons. The van der Waals surface area contributed by atoms with Crippen LogP contribution in [0.3, 0.4) is 0 Å². The number of nitrogens with one attached hydrogen (secondary N) is 1. The van der Waals surface area contributed by atoms with Crippen LogP contribution in [0.25, 0.3) is 0 Å². The van der Waals surface area contributed by atoms with Crippen LogP contribution in [-0.2, 0) is 10.5 Å². The number of hydrogen-bond acceptors (Lipinski definition) is 2. The van der Waals surface area contributed by atoms with Gasteiger partial charge in [-0.25, -0.2) is 8.78 Å². The molecule has 1 atom stereocenters. The summed E-state index contributed by atoms with van der Waals surface area (Å²) >= 11 is 1.29. The van der Waals surface area contributed by atoms with Gasteiger partial charge in [-0.1, -0.05) is 19.1 Å². The third-order valence-electron chi connectivity index (χ3n) is 2.44. The standard InChI is InChI=1S/C13H17F2NOS/c1-3-7-16-13(17)9(2)18-8-10-5-4-6-11(14)12(10)15/h4-6,9H,3,7-8H2,1-2H3,(H,16,17). The average molecular weight is 273 g/mol. The largest absolute Gasteiger partial charge is 0.355 e. The molecule has 1 unspecified atom stereocenters. The van der Waals surface area contributed by atoms with Gasteiger partial charge < -0.3 is 5.32 Å². The summed E-state index contributed by atoms with van der Waals surface area (Å²) in [5.41, 5.74) is 0.287. The van der Waals surface area contributed by atoms with E-state index in [1.54, 1.807) is 6.92 Å². The summed E-state index contributed by atoms with van der Waals surface area (Å²) in [5.74, 6) is -1.47.